The highest BCUT2D eigenvalue weighted by molar-refractivity contribution is 6.33. The first-order chi connectivity index (χ1) is 12.8. The van der Waals surface area contributed by atoms with E-state index in [0.29, 0.717) is 10.6 Å². The number of amides is 1. The normalized spacial score (nSPS) is 11.3. The third-order valence-corrected chi connectivity index (χ3v) is 4.31. The molecule has 0 radical (unpaired) electrons. The van der Waals surface area contributed by atoms with E-state index in [-0.39, 0.29) is 5.56 Å². The highest BCUT2D eigenvalue weighted by atomic mass is 35.5. The molecule has 0 unspecified atom stereocenters. The number of rotatable bonds is 4. The minimum absolute atomic E-state index is 0.116. The van der Waals surface area contributed by atoms with Crippen molar-refractivity contribution in [2.45, 2.75) is 6.18 Å². The molecule has 0 aliphatic carbocycles. The van der Waals surface area contributed by atoms with Gasteiger partial charge in [-0.05, 0) is 34.9 Å². The highest BCUT2D eigenvalue weighted by Gasteiger charge is 2.28. The maximum Gasteiger partial charge on any atom is 0.405 e. The first kappa shape index (κ1) is 19.0. The van der Waals surface area contributed by atoms with Gasteiger partial charge in [-0.2, -0.15) is 13.2 Å². The van der Waals surface area contributed by atoms with Gasteiger partial charge in [-0.1, -0.05) is 66.2 Å². The van der Waals surface area contributed by atoms with E-state index in [1.54, 1.807) is 0 Å². The molecular formula is C21H15ClF3NO. The van der Waals surface area contributed by atoms with Gasteiger partial charge in [0.15, 0.2) is 0 Å². The molecule has 2 nitrogen and oxygen atoms in total. The molecule has 6 heteroatoms. The van der Waals surface area contributed by atoms with E-state index < -0.39 is 18.6 Å². The Hall–Kier alpha value is -2.79. The molecule has 1 amide bonds. The minimum Gasteiger partial charge on any atom is -0.343 e. The van der Waals surface area contributed by atoms with Crippen LogP contribution in [0.25, 0.3) is 22.3 Å². The average molecular weight is 390 g/mol. The maximum atomic E-state index is 12.3. The molecule has 1 N–H and O–H groups in total. The SMILES string of the molecule is O=C(NCC(F)(F)F)c1ccc(Cl)c(-c2ccc(-c3ccccc3)cc2)c1. The second-order valence-electron chi connectivity index (χ2n) is 5.94. The fourth-order valence-corrected chi connectivity index (χ4v) is 2.87. The predicted molar refractivity (Wildman–Crippen MR) is 101 cm³/mol. The van der Waals surface area contributed by atoms with Crippen molar-refractivity contribution in [1.82, 2.24) is 5.32 Å². The fraction of sp³-hybridized carbons (Fsp3) is 0.0952. The highest BCUT2D eigenvalue weighted by Crippen LogP contribution is 2.31. The molecular weight excluding hydrogens is 375 g/mol. The van der Waals surface area contributed by atoms with Crippen LogP contribution in [-0.4, -0.2) is 18.6 Å². The molecule has 138 valence electrons. The van der Waals surface area contributed by atoms with Crippen molar-refractivity contribution in [3.8, 4) is 22.3 Å². The van der Waals surface area contributed by atoms with E-state index in [1.807, 2.05) is 59.9 Å². The van der Waals surface area contributed by atoms with Crippen LogP contribution >= 0.6 is 11.6 Å². The summed E-state index contributed by atoms with van der Waals surface area (Å²) in [5.74, 6) is -0.800. The van der Waals surface area contributed by atoms with Gasteiger partial charge in [-0.3, -0.25) is 4.79 Å². The third-order valence-electron chi connectivity index (χ3n) is 3.98. The average Bonchev–Trinajstić information content (AvgIpc) is 2.67. The summed E-state index contributed by atoms with van der Waals surface area (Å²) in [5.41, 5.74) is 3.55. The molecule has 0 aliphatic heterocycles. The zero-order valence-corrected chi connectivity index (χ0v) is 14.8. The predicted octanol–water partition coefficient (Wildman–Crippen LogP) is 5.97. The van der Waals surface area contributed by atoms with Crippen LogP contribution in [0.5, 0.6) is 0 Å². The summed E-state index contributed by atoms with van der Waals surface area (Å²) in [6.45, 7) is -1.38. The molecule has 0 atom stereocenters. The van der Waals surface area contributed by atoms with Crippen LogP contribution in [0.3, 0.4) is 0 Å². The topological polar surface area (TPSA) is 29.1 Å². The summed E-state index contributed by atoms with van der Waals surface area (Å²) in [7, 11) is 0. The van der Waals surface area contributed by atoms with E-state index in [9.17, 15) is 18.0 Å². The Morgan fingerprint density at radius 2 is 1.44 bits per heavy atom. The van der Waals surface area contributed by atoms with Crippen molar-refractivity contribution in [2.24, 2.45) is 0 Å². The number of benzene rings is 3. The van der Waals surface area contributed by atoms with Crippen molar-refractivity contribution < 1.29 is 18.0 Å². The summed E-state index contributed by atoms with van der Waals surface area (Å²) in [6, 6.07) is 21.8. The van der Waals surface area contributed by atoms with Gasteiger partial charge in [0.2, 0.25) is 0 Å². The molecule has 27 heavy (non-hydrogen) atoms. The monoisotopic (exact) mass is 389 g/mol. The number of alkyl halides is 3. The summed E-state index contributed by atoms with van der Waals surface area (Å²) < 4.78 is 36.8. The van der Waals surface area contributed by atoms with Crippen LogP contribution in [-0.2, 0) is 0 Å². The van der Waals surface area contributed by atoms with Crippen LogP contribution in [0.1, 0.15) is 10.4 Å². The standard InChI is InChI=1S/C21H15ClF3NO/c22-19-11-10-17(20(27)26-13-21(23,24)25)12-18(19)16-8-6-15(7-9-16)14-4-2-1-3-5-14/h1-12H,13H2,(H,26,27). The van der Waals surface area contributed by atoms with Gasteiger partial charge in [0.05, 0.1) is 0 Å². The number of nitrogens with one attached hydrogen (secondary N) is 1. The van der Waals surface area contributed by atoms with Gasteiger partial charge in [0.1, 0.15) is 6.54 Å². The van der Waals surface area contributed by atoms with E-state index in [2.05, 4.69) is 0 Å². The lowest BCUT2D eigenvalue weighted by Gasteiger charge is -2.11. The van der Waals surface area contributed by atoms with Gasteiger partial charge < -0.3 is 5.32 Å². The number of carbonyl (C=O) groups excluding carboxylic acids is 1. The Balaban J connectivity index is 1.85. The smallest absolute Gasteiger partial charge is 0.343 e. The third kappa shape index (κ3) is 4.89. The lowest BCUT2D eigenvalue weighted by atomic mass is 9.99. The Bertz CT molecular complexity index is 938. The summed E-state index contributed by atoms with van der Waals surface area (Å²) in [5, 5.41) is 2.27. The van der Waals surface area contributed by atoms with Crippen molar-refractivity contribution in [1.29, 1.82) is 0 Å². The van der Waals surface area contributed by atoms with Gasteiger partial charge in [-0.15, -0.1) is 0 Å². The van der Waals surface area contributed by atoms with Gasteiger partial charge >= 0.3 is 6.18 Å². The van der Waals surface area contributed by atoms with Gasteiger partial charge in [0.25, 0.3) is 5.91 Å². The molecule has 0 spiro atoms. The second kappa shape index (κ2) is 7.84. The molecule has 0 bridgehead atoms. The van der Waals surface area contributed by atoms with Crippen molar-refractivity contribution >= 4 is 17.5 Å². The molecule has 3 rings (SSSR count). The molecule has 3 aromatic rings. The Morgan fingerprint density at radius 1 is 0.852 bits per heavy atom. The number of hydrogen-bond donors (Lipinski definition) is 1. The maximum absolute atomic E-state index is 12.3. The van der Waals surface area contributed by atoms with Gasteiger partial charge in [0, 0.05) is 16.1 Å². The number of hydrogen-bond acceptors (Lipinski definition) is 1. The molecule has 0 aliphatic rings. The first-order valence-corrected chi connectivity index (χ1v) is 8.52. The molecule has 0 aromatic heterocycles. The van der Waals surface area contributed by atoms with Crippen LogP contribution in [0.4, 0.5) is 13.2 Å². The van der Waals surface area contributed by atoms with Gasteiger partial charge in [-0.25, -0.2) is 0 Å². The van der Waals surface area contributed by atoms with E-state index in [1.165, 1.54) is 18.2 Å². The molecule has 0 saturated heterocycles. The largest absolute Gasteiger partial charge is 0.405 e. The molecule has 3 aromatic carbocycles. The van der Waals surface area contributed by atoms with Crippen LogP contribution in [0.2, 0.25) is 5.02 Å². The van der Waals surface area contributed by atoms with Crippen molar-refractivity contribution in [2.75, 3.05) is 6.54 Å². The summed E-state index contributed by atoms with van der Waals surface area (Å²) >= 11 is 6.23. The lowest BCUT2D eigenvalue weighted by molar-refractivity contribution is -0.123. The molecule has 0 saturated carbocycles. The lowest BCUT2D eigenvalue weighted by Crippen LogP contribution is -2.33. The summed E-state index contributed by atoms with van der Waals surface area (Å²) in [6.07, 6.45) is -4.46. The van der Waals surface area contributed by atoms with Crippen LogP contribution < -0.4 is 5.32 Å². The van der Waals surface area contributed by atoms with E-state index in [4.69, 9.17) is 11.6 Å². The van der Waals surface area contributed by atoms with Crippen molar-refractivity contribution in [3.63, 3.8) is 0 Å². The fourth-order valence-electron chi connectivity index (χ4n) is 2.64. The Morgan fingerprint density at radius 3 is 2.07 bits per heavy atom. The Labute approximate surface area is 159 Å². The minimum atomic E-state index is -4.46. The number of halogens is 4. The zero-order valence-electron chi connectivity index (χ0n) is 14.1. The van der Waals surface area contributed by atoms with Crippen molar-refractivity contribution in [3.05, 3.63) is 83.4 Å². The van der Waals surface area contributed by atoms with Crippen LogP contribution in [0.15, 0.2) is 72.8 Å². The van der Waals surface area contributed by atoms with E-state index >= 15 is 0 Å². The second-order valence-corrected chi connectivity index (χ2v) is 6.34. The van der Waals surface area contributed by atoms with Crippen LogP contribution in [0, 0.1) is 0 Å². The quantitative estimate of drug-likeness (QED) is 0.585. The number of carbonyl (C=O) groups is 1. The zero-order chi connectivity index (χ0) is 19.4. The molecule has 0 fully saturated rings. The van der Waals surface area contributed by atoms with E-state index in [0.717, 1.165) is 16.7 Å². The molecule has 0 heterocycles. The summed E-state index contributed by atoms with van der Waals surface area (Å²) in [4.78, 5) is 12.0. The first-order valence-electron chi connectivity index (χ1n) is 8.14. The Kier molecular flexibility index (Phi) is 5.51.